The second-order valence-electron chi connectivity index (χ2n) is 9.53. The fourth-order valence-electron chi connectivity index (χ4n) is 7.92. The lowest BCUT2D eigenvalue weighted by Gasteiger charge is -2.43. The second kappa shape index (κ2) is 5.30. The summed E-state index contributed by atoms with van der Waals surface area (Å²) in [5.41, 5.74) is 9.05. The van der Waals surface area contributed by atoms with Crippen molar-refractivity contribution in [3.63, 3.8) is 0 Å². The molecule has 28 heavy (non-hydrogen) atoms. The summed E-state index contributed by atoms with van der Waals surface area (Å²) >= 11 is 6.37. The second-order valence-corrected chi connectivity index (χ2v) is 9.96. The maximum absolute atomic E-state index is 6.37. The first-order chi connectivity index (χ1) is 13.8. The van der Waals surface area contributed by atoms with Crippen LogP contribution in [0.15, 0.2) is 66.7 Å². The highest BCUT2D eigenvalue weighted by Crippen LogP contribution is 2.73. The third-order valence-electron chi connectivity index (χ3n) is 8.51. The molecule has 4 saturated carbocycles. The van der Waals surface area contributed by atoms with E-state index >= 15 is 0 Å². The summed E-state index contributed by atoms with van der Waals surface area (Å²) in [7, 11) is 0. The molecule has 5 aliphatic carbocycles. The van der Waals surface area contributed by atoms with Crippen molar-refractivity contribution < 1.29 is 0 Å². The largest absolute Gasteiger partial charge is 0.0843 e. The fourth-order valence-corrected chi connectivity index (χ4v) is 8.11. The SMILES string of the molecule is Clc1cccc(-c2cccc3c2-c2ccccc2C32C3CC4CC(C3)C2C4)c1. The summed E-state index contributed by atoms with van der Waals surface area (Å²) in [5.74, 6) is 3.60. The van der Waals surface area contributed by atoms with Gasteiger partial charge in [0.1, 0.15) is 0 Å². The highest BCUT2D eigenvalue weighted by atomic mass is 35.5. The van der Waals surface area contributed by atoms with Crippen molar-refractivity contribution in [2.45, 2.75) is 31.1 Å². The topological polar surface area (TPSA) is 0 Å². The third kappa shape index (κ3) is 1.75. The highest BCUT2D eigenvalue weighted by molar-refractivity contribution is 6.30. The minimum absolute atomic E-state index is 0.262. The van der Waals surface area contributed by atoms with Crippen LogP contribution in [0.3, 0.4) is 0 Å². The van der Waals surface area contributed by atoms with Gasteiger partial charge in [0.2, 0.25) is 0 Å². The van der Waals surface area contributed by atoms with Crippen LogP contribution in [-0.4, -0.2) is 0 Å². The first kappa shape index (κ1) is 15.8. The van der Waals surface area contributed by atoms with Crippen molar-refractivity contribution in [2.75, 3.05) is 0 Å². The number of hydrogen-bond donors (Lipinski definition) is 0. The van der Waals surface area contributed by atoms with Crippen LogP contribution in [0.4, 0.5) is 0 Å². The van der Waals surface area contributed by atoms with E-state index in [4.69, 9.17) is 11.6 Å². The number of benzene rings is 3. The summed E-state index contributed by atoms with van der Waals surface area (Å²) in [6, 6.07) is 24.7. The molecule has 0 saturated heterocycles. The summed E-state index contributed by atoms with van der Waals surface area (Å²) < 4.78 is 0. The molecular formula is C27H23Cl. The monoisotopic (exact) mass is 382 g/mol. The van der Waals surface area contributed by atoms with Gasteiger partial charge < -0.3 is 0 Å². The van der Waals surface area contributed by atoms with Crippen LogP contribution in [0, 0.1) is 23.7 Å². The van der Waals surface area contributed by atoms with Crippen LogP contribution in [-0.2, 0) is 5.41 Å². The molecule has 8 rings (SSSR count). The lowest BCUT2D eigenvalue weighted by atomic mass is 9.59. The molecule has 0 amide bonds. The molecule has 1 heteroatoms. The van der Waals surface area contributed by atoms with Gasteiger partial charge in [-0.15, -0.1) is 0 Å². The van der Waals surface area contributed by atoms with E-state index in [2.05, 4.69) is 60.7 Å². The average molecular weight is 383 g/mol. The van der Waals surface area contributed by atoms with Gasteiger partial charge in [-0.2, -0.15) is 0 Å². The molecule has 1 spiro atoms. The lowest BCUT2D eigenvalue weighted by Crippen LogP contribution is -2.40. The Morgan fingerprint density at radius 1 is 0.750 bits per heavy atom. The van der Waals surface area contributed by atoms with Gasteiger partial charge in [-0.1, -0.05) is 66.2 Å². The average Bonchev–Trinajstić information content (AvgIpc) is 3.26. The molecule has 0 nitrogen and oxygen atoms in total. The number of halogens is 1. The van der Waals surface area contributed by atoms with Crippen molar-refractivity contribution in [3.05, 3.63) is 82.9 Å². The smallest absolute Gasteiger partial charge is 0.0412 e. The number of rotatable bonds is 1. The van der Waals surface area contributed by atoms with Crippen molar-refractivity contribution in [2.24, 2.45) is 23.7 Å². The van der Waals surface area contributed by atoms with E-state index in [-0.39, 0.29) is 5.41 Å². The highest BCUT2D eigenvalue weighted by Gasteiger charge is 2.66. The molecule has 5 aliphatic rings. The van der Waals surface area contributed by atoms with Crippen molar-refractivity contribution in [1.29, 1.82) is 0 Å². The molecule has 3 aromatic carbocycles. The molecular weight excluding hydrogens is 360 g/mol. The van der Waals surface area contributed by atoms with Gasteiger partial charge >= 0.3 is 0 Å². The number of fused-ring (bicyclic) bond motifs is 3. The fraction of sp³-hybridized carbons (Fsp3) is 0.333. The zero-order valence-electron chi connectivity index (χ0n) is 15.9. The molecule has 0 radical (unpaired) electrons. The molecule has 5 unspecified atom stereocenters. The molecule has 3 aromatic rings. The zero-order chi connectivity index (χ0) is 18.5. The molecule has 138 valence electrons. The maximum Gasteiger partial charge on any atom is 0.0412 e. The minimum Gasteiger partial charge on any atom is -0.0843 e. The summed E-state index contributed by atoms with van der Waals surface area (Å²) in [6.45, 7) is 0. The lowest BCUT2D eigenvalue weighted by molar-refractivity contribution is 0.191. The Morgan fingerprint density at radius 2 is 1.57 bits per heavy atom. The standard InChI is InChI=1S/C27H23Cl/c28-20-6-3-5-17(15-20)21-8-4-10-24-26(21)22-7-1-2-9-23(22)27(24)19-12-16-11-18(14-19)25(27)13-16/h1-10,15-16,18-19,25H,11-14H2. The van der Waals surface area contributed by atoms with Gasteiger partial charge in [0, 0.05) is 10.4 Å². The Morgan fingerprint density at radius 3 is 2.46 bits per heavy atom. The van der Waals surface area contributed by atoms with Gasteiger partial charge in [-0.25, -0.2) is 0 Å². The van der Waals surface area contributed by atoms with Crippen molar-refractivity contribution in [1.82, 2.24) is 0 Å². The summed E-state index contributed by atoms with van der Waals surface area (Å²) in [5, 5.41) is 0.814. The molecule has 5 atom stereocenters. The third-order valence-corrected chi connectivity index (χ3v) is 8.75. The van der Waals surface area contributed by atoms with E-state index < -0.39 is 0 Å². The quantitative estimate of drug-likeness (QED) is 0.413. The Kier molecular flexibility index (Phi) is 3.00. The van der Waals surface area contributed by atoms with Crippen LogP contribution in [0.1, 0.15) is 36.8 Å². The van der Waals surface area contributed by atoms with E-state index in [1.54, 1.807) is 11.1 Å². The van der Waals surface area contributed by atoms with E-state index in [0.717, 1.165) is 28.7 Å². The predicted octanol–water partition coefficient (Wildman–Crippen LogP) is 7.34. The van der Waals surface area contributed by atoms with E-state index in [9.17, 15) is 0 Å². The molecule has 0 aromatic heterocycles. The zero-order valence-corrected chi connectivity index (χ0v) is 16.6. The number of hydrogen-bond acceptors (Lipinski definition) is 0. The molecule has 0 aliphatic heterocycles. The van der Waals surface area contributed by atoms with Gasteiger partial charge in [-0.05, 0) is 94.9 Å². The van der Waals surface area contributed by atoms with Gasteiger partial charge in [0.15, 0.2) is 0 Å². The summed E-state index contributed by atoms with van der Waals surface area (Å²) in [4.78, 5) is 0. The Bertz CT molecular complexity index is 1120. The van der Waals surface area contributed by atoms with Crippen LogP contribution in [0.2, 0.25) is 5.02 Å². The molecule has 0 heterocycles. The van der Waals surface area contributed by atoms with Gasteiger partial charge in [-0.3, -0.25) is 0 Å². The van der Waals surface area contributed by atoms with E-state index in [0.29, 0.717) is 0 Å². The summed E-state index contributed by atoms with van der Waals surface area (Å²) in [6.07, 6.45) is 5.79. The first-order valence-electron chi connectivity index (χ1n) is 10.8. The van der Waals surface area contributed by atoms with E-state index in [1.807, 2.05) is 6.07 Å². The van der Waals surface area contributed by atoms with Crippen molar-refractivity contribution >= 4 is 11.6 Å². The van der Waals surface area contributed by atoms with Crippen LogP contribution < -0.4 is 0 Å². The van der Waals surface area contributed by atoms with Gasteiger partial charge in [0.05, 0.1) is 0 Å². The normalized spacial score (nSPS) is 33.5. The maximum atomic E-state index is 6.37. The Labute approximate surface area is 171 Å². The Hall–Kier alpha value is -2.05. The van der Waals surface area contributed by atoms with Crippen LogP contribution in [0.5, 0.6) is 0 Å². The van der Waals surface area contributed by atoms with Crippen LogP contribution in [0.25, 0.3) is 22.3 Å². The molecule has 4 bridgehead atoms. The Balaban J connectivity index is 1.56. The predicted molar refractivity (Wildman–Crippen MR) is 116 cm³/mol. The van der Waals surface area contributed by atoms with Crippen LogP contribution >= 0.6 is 11.6 Å². The molecule has 4 fully saturated rings. The first-order valence-corrected chi connectivity index (χ1v) is 11.1. The van der Waals surface area contributed by atoms with Gasteiger partial charge in [0.25, 0.3) is 0 Å². The minimum atomic E-state index is 0.262. The van der Waals surface area contributed by atoms with Crippen molar-refractivity contribution in [3.8, 4) is 22.3 Å². The molecule has 0 N–H and O–H groups in total. The van der Waals surface area contributed by atoms with E-state index in [1.165, 1.54) is 47.9 Å².